The van der Waals surface area contributed by atoms with E-state index in [1.54, 1.807) is 0 Å². The first kappa shape index (κ1) is 14.0. The zero-order valence-corrected chi connectivity index (χ0v) is 10.9. The van der Waals surface area contributed by atoms with E-state index in [9.17, 15) is 9.59 Å². The van der Waals surface area contributed by atoms with Gasteiger partial charge in [-0.05, 0) is 12.8 Å². The van der Waals surface area contributed by atoms with Crippen LogP contribution in [0.1, 0.15) is 26.7 Å². The highest BCUT2D eigenvalue weighted by Gasteiger charge is 2.27. The van der Waals surface area contributed by atoms with Crippen LogP contribution in [0.25, 0.3) is 0 Å². The number of esters is 1. The lowest BCUT2D eigenvalue weighted by atomic mass is 9.97. The number of likely N-dealkylation sites (tertiary alicyclic amines) is 1. The standard InChI is InChI=1S/C12H22N2O3/c1-9(2)13-8-11(15)14-6-4-10(5-7-14)12(16)17-3/h9-10,13H,4-8H2,1-3H3. The fourth-order valence-electron chi connectivity index (χ4n) is 1.93. The molecule has 0 atom stereocenters. The van der Waals surface area contributed by atoms with Gasteiger partial charge in [0.25, 0.3) is 0 Å². The molecular formula is C12H22N2O3. The SMILES string of the molecule is COC(=O)C1CCN(C(=O)CNC(C)C)CC1. The molecule has 5 nitrogen and oxygen atoms in total. The zero-order valence-electron chi connectivity index (χ0n) is 10.9. The number of hydrogen-bond acceptors (Lipinski definition) is 4. The number of rotatable bonds is 4. The molecule has 0 aromatic carbocycles. The maximum Gasteiger partial charge on any atom is 0.308 e. The van der Waals surface area contributed by atoms with E-state index in [-0.39, 0.29) is 17.8 Å². The second-order valence-electron chi connectivity index (χ2n) is 4.71. The summed E-state index contributed by atoms with van der Waals surface area (Å²) in [6.45, 7) is 5.70. The Labute approximate surface area is 102 Å². The number of carbonyl (C=O) groups excluding carboxylic acids is 2. The Morgan fingerprint density at radius 1 is 1.35 bits per heavy atom. The topological polar surface area (TPSA) is 58.6 Å². The molecule has 0 saturated carbocycles. The zero-order chi connectivity index (χ0) is 12.8. The lowest BCUT2D eigenvalue weighted by Gasteiger charge is -2.31. The van der Waals surface area contributed by atoms with Crippen LogP contribution in [0.2, 0.25) is 0 Å². The molecule has 1 amide bonds. The van der Waals surface area contributed by atoms with Gasteiger partial charge in [-0.15, -0.1) is 0 Å². The van der Waals surface area contributed by atoms with E-state index >= 15 is 0 Å². The molecule has 1 rings (SSSR count). The number of hydrogen-bond donors (Lipinski definition) is 1. The predicted molar refractivity (Wildman–Crippen MR) is 64.5 cm³/mol. The summed E-state index contributed by atoms with van der Waals surface area (Å²) < 4.78 is 4.71. The third-order valence-electron chi connectivity index (χ3n) is 3.04. The average Bonchev–Trinajstić information content (AvgIpc) is 2.35. The summed E-state index contributed by atoms with van der Waals surface area (Å²) >= 11 is 0. The van der Waals surface area contributed by atoms with Crippen LogP contribution < -0.4 is 5.32 Å². The lowest BCUT2D eigenvalue weighted by molar-refractivity contribution is -0.148. The van der Waals surface area contributed by atoms with Gasteiger partial charge >= 0.3 is 5.97 Å². The Balaban J connectivity index is 2.31. The molecule has 0 aromatic heterocycles. The first-order chi connectivity index (χ1) is 8.04. The first-order valence-electron chi connectivity index (χ1n) is 6.13. The van der Waals surface area contributed by atoms with Gasteiger partial charge in [0.05, 0.1) is 19.6 Å². The summed E-state index contributed by atoms with van der Waals surface area (Å²) in [7, 11) is 1.41. The molecule has 0 aliphatic carbocycles. The molecule has 0 spiro atoms. The largest absolute Gasteiger partial charge is 0.469 e. The molecule has 98 valence electrons. The second-order valence-corrected chi connectivity index (χ2v) is 4.71. The minimum atomic E-state index is -0.155. The molecule has 0 aromatic rings. The highest BCUT2D eigenvalue weighted by molar-refractivity contribution is 5.79. The van der Waals surface area contributed by atoms with Crippen LogP contribution in [-0.2, 0) is 14.3 Å². The van der Waals surface area contributed by atoms with Crippen molar-refractivity contribution in [1.29, 1.82) is 0 Å². The Kier molecular flexibility index (Phi) is 5.41. The molecule has 0 radical (unpaired) electrons. The highest BCUT2D eigenvalue weighted by atomic mass is 16.5. The summed E-state index contributed by atoms with van der Waals surface area (Å²) in [4.78, 5) is 24.9. The van der Waals surface area contributed by atoms with Gasteiger partial charge in [-0.3, -0.25) is 9.59 Å². The minimum absolute atomic E-state index is 0.0397. The Hall–Kier alpha value is -1.10. The average molecular weight is 242 g/mol. The van der Waals surface area contributed by atoms with E-state index in [0.29, 0.717) is 38.5 Å². The summed E-state index contributed by atoms with van der Waals surface area (Å²) in [5.41, 5.74) is 0. The minimum Gasteiger partial charge on any atom is -0.469 e. The van der Waals surface area contributed by atoms with Gasteiger partial charge < -0.3 is 15.0 Å². The van der Waals surface area contributed by atoms with Gasteiger partial charge in [-0.1, -0.05) is 13.8 Å². The molecule has 5 heteroatoms. The van der Waals surface area contributed by atoms with Crippen molar-refractivity contribution in [2.24, 2.45) is 5.92 Å². The van der Waals surface area contributed by atoms with Gasteiger partial charge in [0.2, 0.25) is 5.91 Å². The smallest absolute Gasteiger partial charge is 0.308 e. The number of methoxy groups -OCH3 is 1. The van der Waals surface area contributed by atoms with Crippen LogP contribution in [-0.4, -0.2) is 49.6 Å². The highest BCUT2D eigenvalue weighted by Crippen LogP contribution is 2.18. The van der Waals surface area contributed by atoms with Gasteiger partial charge in [-0.25, -0.2) is 0 Å². The molecular weight excluding hydrogens is 220 g/mol. The van der Waals surface area contributed by atoms with Crippen molar-refractivity contribution in [1.82, 2.24) is 10.2 Å². The van der Waals surface area contributed by atoms with Crippen molar-refractivity contribution < 1.29 is 14.3 Å². The van der Waals surface area contributed by atoms with Gasteiger partial charge in [0, 0.05) is 19.1 Å². The molecule has 1 heterocycles. The maximum atomic E-state index is 11.8. The van der Waals surface area contributed by atoms with E-state index in [2.05, 4.69) is 5.32 Å². The predicted octanol–water partition coefficient (Wildman–Crippen LogP) is 0.396. The molecule has 1 N–H and O–H groups in total. The van der Waals surface area contributed by atoms with Crippen LogP contribution in [0.15, 0.2) is 0 Å². The third kappa shape index (κ3) is 4.34. The van der Waals surface area contributed by atoms with Gasteiger partial charge in [0.15, 0.2) is 0 Å². The normalized spacial score (nSPS) is 17.3. The molecule has 17 heavy (non-hydrogen) atoms. The van der Waals surface area contributed by atoms with E-state index in [4.69, 9.17) is 4.74 Å². The number of nitrogens with one attached hydrogen (secondary N) is 1. The van der Waals surface area contributed by atoms with Crippen LogP contribution in [0, 0.1) is 5.92 Å². The summed E-state index contributed by atoms with van der Waals surface area (Å²) in [5, 5.41) is 3.10. The summed E-state index contributed by atoms with van der Waals surface area (Å²) in [6, 6.07) is 0.312. The maximum absolute atomic E-state index is 11.8. The van der Waals surface area contributed by atoms with Crippen LogP contribution >= 0.6 is 0 Å². The number of amides is 1. The van der Waals surface area contributed by atoms with Gasteiger partial charge in [-0.2, -0.15) is 0 Å². The van der Waals surface area contributed by atoms with Crippen molar-refractivity contribution in [3.8, 4) is 0 Å². The molecule has 1 aliphatic rings. The lowest BCUT2D eigenvalue weighted by Crippen LogP contribution is -2.45. The van der Waals surface area contributed by atoms with E-state index in [0.717, 1.165) is 0 Å². The number of nitrogens with zero attached hydrogens (tertiary/aromatic N) is 1. The number of carbonyl (C=O) groups is 2. The molecule has 1 saturated heterocycles. The molecule has 1 aliphatic heterocycles. The van der Waals surface area contributed by atoms with Crippen molar-refractivity contribution in [2.45, 2.75) is 32.7 Å². The quantitative estimate of drug-likeness (QED) is 0.725. The van der Waals surface area contributed by atoms with E-state index in [1.807, 2.05) is 18.7 Å². The Bertz CT molecular complexity index is 271. The number of piperidine rings is 1. The molecule has 1 fully saturated rings. The van der Waals surface area contributed by atoms with Gasteiger partial charge in [0.1, 0.15) is 0 Å². The monoisotopic (exact) mass is 242 g/mol. The van der Waals surface area contributed by atoms with Crippen LogP contribution in [0.3, 0.4) is 0 Å². The van der Waals surface area contributed by atoms with Crippen molar-refractivity contribution >= 4 is 11.9 Å². The Morgan fingerprint density at radius 2 is 1.94 bits per heavy atom. The van der Waals surface area contributed by atoms with E-state index in [1.165, 1.54) is 7.11 Å². The number of ether oxygens (including phenoxy) is 1. The second kappa shape index (κ2) is 6.59. The Morgan fingerprint density at radius 3 is 2.41 bits per heavy atom. The van der Waals surface area contributed by atoms with Crippen molar-refractivity contribution in [3.05, 3.63) is 0 Å². The first-order valence-corrected chi connectivity index (χ1v) is 6.13. The van der Waals surface area contributed by atoms with Crippen LogP contribution in [0.5, 0.6) is 0 Å². The van der Waals surface area contributed by atoms with E-state index < -0.39 is 0 Å². The fourth-order valence-corrected chi connectivity index (χ4v) is 1.93. The van der Waals surface area contributed by atoms with Crippen LogP contribution in [0.4, 0.5) is 0 Å². The third-order valence-corrected chi connectivity index (χ3v) is 3.04. The summed E-state index contributed by atoms with van der Waals surface area (Å²) in [5.74, 6) is -0.0819. The van der Waals surface area contributed by atoms with Crippen molar-refractivity contribution in [2.75, 3.05) is 26.7 Å². The molecule has 0 unspecified atom stereocenters. The fraction of sp³-hybridized carbons (Fsp3) is 0.833. The summed E-state index contributed by atoms with van der Waals surface area (Å²) in [6.07, 6.45) is 1.42. The van der Waals surface area contributed by atoms with Crippen molar-refractivity contribution in [3.63, 3.8) is 0 Å². The molecule has 0 bridgehead atoms.